The molecule has 0 saturated carbocycles. The predicted molar refractivity (Wildman–Crippen MR) is 84.9 cm³/mol. The summed E-state index contributed by atoms with van der Waals surface area (Å²) in [5.41, 5.74) is 7.21. The van der Waals surface area contributed by atoms with Gasteiger partial charge in [-0.25, -0.2) is 0 Å². The lowest BCUT2D eigenvalue weighted by atomic mass is 9.87. The molecule has 1 aromatic rings. The van der Waals surface area contributed by atoms with Crippen LogP contribution in [0.25, 0.3) is 0 Å². The van der Waals surface area contributed by atoms with Crippen molar-refractivity contribution in [3.8, 4) is 0 Å². The number of nitrogens with zero attached hydrogens (tertiary/aromatic N) is 1. The van der Waals surface area contributed by atoms with E-state index in [1.807, 2.05) is 32.9 Å². The lowest BCUT2D eigenvalue weighted by Crippen LogP contribution is -2.45. The quantitative estimate of drug-likeness (QED) is 0.885. The van der Waals surface area contributed by atoms with Crippen molar-refractivity contribution in [3.63, 3.8) is 0 Å². The second-order valence-electron chi connectivity index (χ2n) is 6.49. The Kier molecular flexibility index (Phi) is 5.49. The fourth-order valence-corrected chi connectivity index (χ4v) is 1.65. The second kappa shape index (κ2) is 6.72. The normalized spacial score (nSPS) is 12.7. The molecule has 0 heterocycles. The average Bonchev–Trinajstić information content (AvgIpc) is 2.38. The highest BCUT2D eigenvalue weighted by Gasteiger charge is 2.27. The van der Waals surface area contributed by atoms with Crippen molar-refractivity contribution in [2.75, 3.05) is 19.4 Å². The number of likely N-dealkylation sites (N-methyl/N-ethyl adjacent to an activating group) is 1. The van der Waals surface area contributed by atoms with E-state index in [1.165, 1.54) is 0 Å². The van der Waals surface area contributed by atoms with Gasteiger partial charge in [-0.2, -0.15) is 0 Å². The Morgan fingerprint density at radius 3 is 2.14 bits per heavy atom. The number of anilines is 1. The zero-order valence-corrected chi connectivity index (χ0v) is 13.4. The van der Waals surface area contributed by atoms with Gasteiger partial charge < -0.3 is 16.0 Å². The topological polar surface area (TPSA) is 75.4 Å². The van der Waals surface area contributed by atoms with Gasteiger partial charge in [0, 0.05) is 19.8 Å². The molecule has 0 spiro atoms. The van der Waals surface area contributed by atoms with Gasteiger partial charge in [0.25, 0.3) is 0 Å². The van der Waals surface area contributed by atoms with E-state index in [9.17, 15) is 9.59 Å². The minimum absolute atomic E-state index is 0.0431. The van der Waals surface area contributed by atoms with Gasteiger partial charge in [-0.05, 0) is 23.1 Å². The van der Waals surface area contributed by atoms with Crippen LogP contribution >= 0.6 is 0 Å². The first kappa shape index (κ1) is 17.2. The zero-order valence-electron chi connectivity index (χ0n) is 13.4. The molecule has 1 aromatic carbocycles. The summed E-state index contributed by atoms with van der Waals surface area (Å²) in [5, 5.41) is 2.79. The van der Waals surface area contributed by atoms with E-state index in [-0.39, 0.29) is 17.2 Å². The summed E-state index contributed by atoms with van der Waals surface area (Å²) in [6.07, 6.45) is 0.350. The van der Waals surface area contributed by atoms with E-state index in [4.69, 9.17) is 5.73 Å². The maximum atomic E-state index is 12.0. The van der Waals surface area contributed by atoms with Crippen LogP contribution < -0.4 is 11.1 Å². The summed E-state index contributed by atoms with van der Waals surface area (Å²) in [5.74, 6) is -0.166. The first-order chi connectivity index (χ1) is 9.61. The monoisotopic (exact) mass is 291 g/mol. The van der Waals surface area contributed by atoms with Crippen LogP contribution in [0.15, 0.2) is 24.3 Å². The molecule has 1 unspecified atom stereocenters. The number of nitrogens with two attached hydrogens (primary N) is 1. The molecule has 0 bridgehead atoms. The molecular weight excluding hydrogens is 266 g/mol. The Balaban J connectivity index is 2.67. The summed E-state index contributed by atoms with van der Waals surface area (Å²) in [4.78, 5) is 25.2. The highest BCUT2D eigenvalue weighted by atomic mass is 16.2. The van der Waals surface area contributed by atoms with Gasteiger partial charge >= 0.3 is 0 Å². The fraction of sp³-hybridized carbons (Fsp3) is 0.500. The van der Waals surface area contributed by atoms with Gasteiger partial charge in [0.15, 0.2) is 0 Å². The lowest BCUT2D eigenvalue weighted by molar-refractivity contribution is -0.128. The van der Waals surface area contributed by atoms with E-state index < -0.39 is 6.04 Å². The molecule has 0 fully saturated rings. The molecule has 1 atom stereocenters. The van der Waals surface area contributed by atoms with E-state index in [2.05, 4.69) is 5.32 Å². The van der Waals surface area contributed by atoms with Crippen molar-refractivity contribution in [1.29, 1.82) is 0 Å². The standard InChI is InChI=1S/C16H25N3O2/c1-16(2,3)14(17)15(21)18-12-8-6-11(7-9-12)10-13(20)19(4)5/h6-9,14H,10,17H2,1-5H3,(H,18,21). The van der Waals surface area contributed by atoms with Crippen LogP contribution in [0, 0.1) is 5.41 Å². The van der Waals surface area contributed by atoms with Gasteiger partial charge in [0.2, 0.25) is 11.8 Å². The van der Waals surface area contributed by atoms with Gasteiger partial charge in [0.1, 0.15) is 0 Å². The summed E-state index contributed by atoms with van der Waals surface area (Å²) >= 11 is 0. The molecule has 0 aliphatic rings. The van der Waals surface area contributed by atoms with Crippen molar-refractivity contribution in [1.82, 2.24) is 4.90 Å². The van der Waals surface area contributed by atoms with Crippen molar-refractivity contribution >= 4 is 17.5 Å². The molecule has 0 aliphatic heterocycles. The molecule has 0 aromatic heterocycles. The SMILES string of the molecule is CN(C)C(=O)Cc1ccc(NC(=O)C(N)C(C)(C)C)cc1. The number of carbonyl (C=O) groups is 2. The van der Waals surface area contributed by atoms with E-state index in [0.717, 1.165) is 5.56 Å². The van der Waals surface area contributed by atoms with E-state index in [1.54, 1.807) is 31.1 Å². The van der Waals surface area contributed by atoms with Crippen molar-refractivity contribution in [2.24, 2.45) is 11.1 Å². The van der Waals surface area contributed by atoms with Crippen LogP contribution in [0.5, 0.6) is 0 Å². The van der Waals surface area contributed by atoms with Crippen molar-refractivity contribution in [2.45, 2.75) is 33.2 Å². The summed E-state index contributed by atoms with van der Waals surface area (Å²) < 4.78 is 0. The lowest BCUT2D eigenvalue weighted by Gasteiger charge is -2.25. The molecule has 5 nitrogen and oxygen atoms in total. The Morgan fingerprint density at radius 2 is 1.71 bits per heavy atom. The molecule has 116 valence electrons. The Labute approximate surface area is 126 Å². The highest BCUT2D eigenvalue weighted by Crippen LogP contribution is 2.19. The number of rotatable bonds is 4. The maximum absolute atomic E-state index is 12.0. The van der Waals surface area contributed by atoms with Crippen molar-refractivity contribution in [3.05, 3.63) is 29.8 Å². The minimum atomic E-state index is -0.576. The van der Waals surface area contributed by atoms with E-state index in [0.29, 0.717) is 12.1 Å². The number of carbonyl (C=O) groups excluding carboxylic acids is 2. The molecule has 0 aliphatic carbocycles. The number of hydrogen-bond donors (Lipinski definition) is 2. The minimum Gasteiger partial charge on any atom is -0.349 e. The van der Waals surface area contributed by atoms with Crippen LogP contribution in [0.2, 0.25) is 0 Å². The van der Waals surface area contributed by atoms with Crippen LogP contribution in [0.3, 0.4) is 0 Å². The molecule has 3 N–H and O–H groups in total. The van der Waals surface area contributed by atoms with Gasteiger partial charge in [-0.15, -0.1) is 0 Å². The number of amides is 2. The Hall–Kier alpha value is -1.88. The average molecular weight is 291 g/mol. The summed E-state index contributed by atoms with van der Waals surface area (Å²) in [6.45, 7) is 5.77. The first-order valence-corrected chi connectivity index (χ1v) is 6.97. The largest absolute Gasteiger partial charge is 0.349 e. The highest BCUT2D eigenvalue weighted by molar-refractivity contribution is 5.95. The number of hydrogen-bond acceptors (Lipinski definition) is 3. The smallest absolute Gasteiger partial charge is 0.241 e. The summed E-state index contributed by atoms with van der Waals surface area (Å²) in [7, 11) is 3.45. The molecular formula is C16H25N3O2. The predicted octanol–water partition coefficient (Wildman–Crippen LogP) is 1.63. The molecule has 21 heavy (non-hydrogen) atoms. The molecule has 5 heteroatoms. The van der Waals surface area contributed by atoms with Crippen molar-refractivity contribution < 1.29 is 9.59 Å². The zero-order chi connectivity index (χ0) is 16.2. The second-order valence-corrected chi connectivity index (χ2v) is 6.49. The van der Waals surface area contributed by atoms with Crippen LogP contribution in [-0.4, -0.2) is 36.9 Å². The van der Waals surface area contributed by atoms with Crippen LogP contribution in [0.4, 0.5) is 5.69 Å². The molecule has 1 rings (SSSR count). The molecule has 0 radical (unpaired) electrons. The number of nitrogens with one attached hydrogen (secondary N) is 1. The van der Waals surface area contributed by atoms with Gasteiger partial charge in [0.05, 0.1) is 12.5 Å². The molecule has 2 amide bonds. The fourth-order valence-electron chi connectivity index (χ4n) is 1.65. The van der Waals surface area contributed by atoms with E-state index >= 15 is 0 Å². The summed E-state index contributed by atoms with van der Waals surface area (Å²) in [6, 6.07) is 6.66. The maximum Gasteiger partial charge on any atom is 0.241 e. The molecule has 0 saturated heterocycles. The van der Waals surface area contributed by atoms with Gasteiger partial charge in [-0.3, -0.25) is 9.59 Å². The Bertz CT molecular complexity index is 501. The third kappa shape index (κ3) is 5.19. The van der Waals surface area contributed by atoms with Crippen LogP contribution in [-0.2, 0) is 16.0 Å². The van der Waals surface area contributed by atoms with Crippen LogP contribution in [0.1, 0.15) is 26.3 Å². The third-order valence-corrected chi connectivity index (χ3v) is 3.29. The number of benzene rings is 1. The Morgan fingerprint density at radius 1 is 1.19 bits per heavy atom. The van der Waals surface area contributed by atoms with Gasteiger partial charge in [-0.1, -0.05) is 32.9 Å². The third-order valence-electron chi connectivity index (χ3n) is 3.29. The first-order valence-electron chi connectivity index (χ1n) is 6.97.